The zero-order valence-corrected chi connectivity index (χ0v) is 17.4. The second kappa shape index (κ2) is 11.5. The van der Waals surface area contributed by atoms with Crippen molar-refractivity contribution in [2.75, 3.05) is 26.2 Å². The molecule has 5 nitrogen and oxygen atoms in total. The molecule has 0 aliphatic rings. The standard InChI is InChI=1S/C21H23F2NO4.ClH/c1-4-24(5-2)10-11-27-21(26)18-12-15(6-9-20(18)28-14(3)25)17-8-7-16(22)13-19(17)23;/h6-9,12-13H,4-5,10-11H2,1-3H3;1H. The average Bonchev–Trinajstić information content (AvgIpc) is 2.65. The molecule has 158 valence electrons. The van der Waals surface area contributed by atoms with Crippen molar-refractivity contribution in [1.29, 1.82) is 0 Å². The summed E-state index contributed by atoms with van der Waals surface area (Å²) in [6, 6.07) is 7.41. The lowest BCUT2D eigenvalue weighted by Gasteiger charge is -2.18. The highest BCUT2D eigenvalue weighted by Gasteiger charge is 2.18. The highest BCUT2D eigenvalue weighted by Crippen LogP contribution is 2.29. The molecule has 0 fully saturated rings. The summed E-state index contributed by atoms with van der Waals surface area (Å²) in [6.07, 6.45) is 0. The van der Waals surface area contributed by atoms with Gasteiger partial charge in [-0.15, -0.1) is 12.4 Å². The fourth-order valence-corrected chi connectivity index (χ4v) is 2.71. The summed E-state index contributed by atoms with van der Waals surface area (Å²) in [5.74, 6) is -2.73. The number of likely N-dealkylation sites (N-methyl/N-ethyl adjacent to an activating group) is 1. The topological polar surface area (TPSA) is 55.8 Å². The molecule has 2 aromatic rings. The van der Waals surface area contributed by atoms with Gasteiger partial charge in [-0.1, -0.05) is 19.9 Å². The number of carbonyl (C=O) groups excluding carboxylic acids is 2. The minimum atomic E-state index is -0.763. The number of hydrogen-bond donors (Lipinski definition) is 0. The third-order valence-corrected chi connectivity index (χ3v) is 4.23. The smallest absolute Gasteiger partial charge is 0.342 e. The maximum atomic E-state index is 14.1. The van der Waals surface area contributed by atoms with Gasteiger partial charge in [0.25, 0.3) is 0 Å². The first-order chi connectivity index (χ1) is 13.3. The second-order valence-electron chi connectivity index (χ2n) is 6.09. The molecule has 0 bridgehead atoms. The van der Waals surface area contributed by atoms with Gasteiger partial charge in [-0.2, -0.15) is 0 Å². The lowest BCUT2D eigenvalue weighted by Crippen LogP contribution is -2.28. The quantitative estimate of drug-likeness (QED) is 0.459. The van der Waals surface area contributed by atoms with Gasteiger partial charge in [0.05, 0.1) is 0 Å². The van der Waals surface area contributed by atoms with Crippen LogP contribution in [0.2, 0.25) is 0 Å². The van der Waals surface area contributed by atoms with Crippen LogP contribution in [0.25, 0.3) is 11.1 Å². The van der Waals surface area contributed by atoms with Crippen LogP contribution < -0.4 is 4.74 Å². The van der Waals surface area contributed by atoms with Gasteiger partial charge in [0.1, 0.15) is 29.6 Å². The number of esters is 2. The van der Waals surface area contributed by atoms with E-state index in [1.807, 2.05) is 13.8 Å². The molecule has 0 amide bonds. The average molecular weight is 428 g/mol. The first-order valence-electron chi connectivity index (χ1n) is 9.03. The largest absolute Gasteiger partial charge is 0.461 e. The van der Waals surface area contributed by atoms with Crippen LogP contribution >= 0.6 is 12.4 Å². The minimum Gasteiger partial charge on any atom is -0.461 e. The molecular formula is C21H24ClF2NO4. The van der Waals surface area contributed by atoms with E-state index in [1.54, 1.807) is 0 Å². The molecule has 8 heteroatoms. The van der Waals surface area contributed by atoms with E-state index in [-0.39, 0.29) is 35.9 Å². The van der Waals surface area contributed by atoms with Crippen LogP contribution in [0, 0.1) is 11.6 Å². The van der Waals surface area contributed by atoms with E-state index in [0.29, 0.717) is 12.1 Å². The van der Waals surface area contributed by atoms with E-state index >= 15 is 0 Å². The van der Waals surface area contributed by atoms with E-state index in [1.165, 1.54) is 31.2 Å². The summed E-state index contributed by atoms with van der Waals surface area (Å²) in [7, 11) is 0. The van der Waals surface area contributed by atoms with Crippen LogP contribution in [-0.4, -0.2) is 43.1 Å². The number of nitrogens with zero attached hydrogens (tertiary/aromatic N) is 1. The van der Waals surface area contributed by atoms with Crippen molar-refractivity contribution < 1.29 is 27.8 Å². The van der Waals surface area contributed by atoms with Crippen LogP contribution in [0.4, 0.5) is 8.78 Å². The zero-order valence-electron chi connectivity index (χ0n) is 16.5. The molecule has 0 saturated carbocycles. The second-order valence-corrected chi connectivity index (χ2v) is 6.09. The van der Waals surface area contributed by atoms with Crippen molar-refractivity contribution in [1.82, 2.24) is 4.90 Å². The van der Waals surface area contributed by atoms with Crippen molar-refractivity contribution in [3.05, 3.63) is 53.6 Å². The van der Waals surface area contributed by atoms with E-state index in [9.17, 15) is 18.4 Å². The number of rotatable bonds is 8. The Morgan fingerprint density at radius 1 is 1.03 bits per heavy atom. The van der Waals surface area contributed by atoms with E-state index in [0.717, 1.165) is 25.2 Å². The van der Waals surface area contributed by atoms with Crippen LogP contribution in [0.1, 0.15) is 31.1 Å². The molecule has 0 heterocycles. The maximum Gasteiger partial charge on any atom is 0.342 e. The van der Waals surface area contributed by atoms with Crippen LogP contribution in [0.15, 0.2) is 36.4 Å². The van der Waals surface area contributed by atoms with Gasteiger partial charge in [0, 0.05) is 25.1 Å². The molecule has 0 unspecified atom stereocenters. The molecule has 0 aromatic heterocycles. The number of benzene rings is 2. The molecule has 0 radical (unpaired) electrons. The van der Waals surface area contributed by atoms with Crippen molar-refractivity contribution in [3.8, 4) is 16.9 Å². The molecule has 29 heavy (non-hydrogen) atoms. The third kappa shape index (κ3) is 6.80. The first kappa shape index (κ1) is 24.5. The summed E-state index contributed by atoms with van der Waals surface area (Å²) in [5.41, 5.74) is 0.452. The summed E-state index contributed by atoms with van der Waals surface area (Å²) < 4.78 is 37.6. The Labute approximate surface area is 175 Å². The summed E-state index contributed by atoms with van der Waals surface area (Å²) >= 11 is 0. The van der Waals surface area contributed by atoms with Gasteiger partial charge in [0.2, 0.25) is 0 Å². The molecule has 0 N–H and O–H groups in total. The lowest BCUT2D eigenvalue weighted by molar-refractivity contribution is -0.131. The van der Waals surface area contributed by atoms with E-state index in [2.05, 4.69) is 4.90 Å². The normalized spacial score (nSPS) is 10.4. The zero-order chi connectivity index (χ0) is 20.7. The van der Waals surface area contributed by atoms with E-state index < -0.39 is 23.6 Å². The fraction of sp³-hybridized carbons (Fsp3) is 0.333. The van der Waals surface area contributed by atoms with Crippen molar-refractivity contribution >= 4 is 24.3 Å². The number of halogens is 3. The molecule has 0 atom stereocenters. The highest BCUT2D eigenvalue weighted by atomic mass is 35.5. The van der Waals surface area contributed by atoms with Gasteiger partial charge in [0.15, 0.2) is 0 Å². The van der Waals surface area contributed by atoms with Gasteiger partial charge in [-0.3, -0.25) is 4.79 Å². The van der Waals surface area contributed by atoms with Crippen molar-refractivity contribution in [2.24, 2.45) is 0 Å². The third-order valence-electron chi connectivity index (χ3n) is 4.23. The van der Waals surface area contributed by atoms with Crippen LogP contribution in [-0.2, 0) is 9.53 Å². The van der Waals surface area contributed by atoms with Crippen LogP contribution in [0.3, 0.4) is 0 Å². The molecule has 2 rings (SSSR count). The highest BCUT2D eigenvalue weighted by molar-refractivity contribution is 5.95. The maximum absolute atomic E-state index is 14.1. The predicted molar refractivity (Wildman–Crippen MR) is 108 cm³/mol. The Kier molecular flexibility index (Phi) is 9.71. The molecule has 0 spiro atoms. The van der Waals surface area contributed by atoms with Crippen LogP contribution in [0.5, 0.6) is 5.75 Å². The van der Waals surface area contributed by atoms with Gasteiger partial charge < -0.3 is 14.4 Å². The predicted octanol–water partition coefficient (Wildman–Crippen LogP) is 4.48. The molecule has 0 aliphatic heterocycles. The van der Waals surface area contributed by atoms with Gasteiger partial charge in [-0.05, 0) is 42.9 Å². The van der Waals surface area contributed by atoms with Crippen molar-refractivity contribution in [2.45, 2.75) is 20.8 Å². The Bertz CT molecular complexity index is 857. The molecule has 0 aliphatic carbocycles. The SMILES string of the molecule is CCN(CC)CCOC(=O)c1cc(-c2ccc(F)cc2F)ccc1OC(C)=O.Cl. The van der Waals surface area contributed by atoms with Gasteiger partial charge in [-0.25, -0.2) is 13.6 Å². The number of ether oxygens (including phenoxy) is 2. The summed E-state index contributed by atoms with van der Waals surface area (Å²) in [5, 5.41) is 0. The molecular weight excluding hydrogens is 404 g/mol. The Morgan fingerprint density at radius 2 is 1.72 bits per heavy atom. The first-order valence-corrected chi connectivity index (χ1v) is 9.03. The molecule has 0 saturated heterocycles. The van der Waals surface area contributed by atoms with Gasteiger partial charge >= 0.3 is 11.9 Å². The fourth-order valence-electron chi connectivity index (χ4n) is 2.71. The monoisotopic (exact) mass is 427 g/mol. The summed E-state index contributed by atoms with van der Waals surface area (Å²) in [6.45, 7) is 7.60. The number of hydrogen-bond acceptors (Lipinski definition) is 5. The lowest BCUT2D eigenvalue weighted by atomic mass is 10.0. The summed E-state index contributed by atoms with van der Waals surface area (Å²) in [4.78, 5) is 26.0. The molecule has 2 aromatic carbocycles. The Morgan fingerprint density at radius 3 is 2.31 bits per heavy atom. The van der Waals surface area contributed by atoms with Crippen molar-refractivity contribution in [3.63, 3.8) is 0 Å². The number of carbonyl (C=O) groups is 2. The Hall–Kier alpha value is -2.51. The minimum absolute atomic E-state index is 0. The van der Waals surface area contributed by atoms with E-state index in [4.69, 9.17) is 9.47 Å². The Balaban J connectivity index is 0.00000420.